The van der Waals surface area contributed by atoms with E-state index in [9.17, 15) is 4.79 Å². The summed E-state index contributed by atoms with van der Waals surface area (Å²) in [6.07, 6.45) is 4.63. The van der Waals surface area contributed by atoms with E-state index in [2.05, 4.69) is 34.4 Å². The van der Waals surface area contributed by atoms with Crippen molar-refractivity contribution in [1.82, 2.24) is 20.0 Å². The number of hydrogen-bond acceptors (Lipinski definition) is 4. The Bertz CT molecular complexity index is 699. The molecule has 1 aliphatic heterocycles. The lowest BCUT2D eigenvalue weighted by Crippen LogP contribution is -2.40. The number of ether oxygens (including phenoxy) is 1. The zero-order valence-corrected chi connectivity index (χ0v) is 14.9. The van der Waals surface area contributed by atoms with Gasteiger partial charge in [0.25, 0.3) is 0 Å². The van der Waals surface area contributed by atoms with Gasteiger partial charge in [-0.25, -0.2) is 0 Å². The van der Waals surface area contributed by atoms with Crippen molar-refractivity contribution in [3.05, 3.63) is 47.8 Å². The fourth-order valence-corrected chi connectivity index (χ4v) is 3.15. The predicted octanol–water partition coefficient (Wildman–Crippen LogP) is 1.98. The Morgan fingerprint density at radius 3 is 3.12 bits per heavy atom. The van der Waals surface area contributed by atoms with Gasteiger partial charge in [-0.1, -0.05) is 17.7 Å². The third-order valence-corrected chi connectivity index (χ3v) is 4.27. The zero-order valence-electron chi connectivity index (χ0n) is 14.9. The Balaban J connectivity index is 1.48. The van der Waals surface area contributed by atoms with E-state index in [-0.39, 0.29) is 12.0 Å². The van der Waals surface area contributed by atoms with Crippen LogP contribution in [-0.2, 0) is 17.9 Å². The van der Waals surface area contributed by atoms with Gasteiger partial charge in [-0.3, -0.25) is 14.4 Å². The van der Waals surface area contributed by atoms with Crippen LogP contribution in [0.15, 0.2) is 36.7 Å². The quantitative estimate of drug-likeness (QED) is 0.816. The number of fused-ring (bicyclic) bond motifs is 1. The number of amides is 1. The highest BCUT2D eigenvalue weighted by Gasteiger charge is 2.21. The van der Waals surface area contributed by atoms with Crippen LogP contribution in [0.2, 0.25) is 0 Å². The first-order valence-corrected chi connectivity index (χ1v) is 8.83. The molecule has 0 radical (unpaired) electrons. The molecule has 0 aliphatic carbocycles. The molecule has 2 heterocycles. The van der Waals surface area contributed by atoms with Crippen molar-refractivity contribution < 1.29 is 9.53 Å². The summed E-state index contributed by atoms with van der Waals surface area (Å²) in [5.74, 6) is 0.990. The first kappa shape index (κ1) is 17.5. The molecule has 1 amide bonds. The maximum Gasteiger partial charge on any atom is 0.234 e. The summed E-state index contributed by atoms with van der Waals surface area (Å²) >= 11 is 0. The van der Waals surface area contributed by atoms with Crippen molar-refractivity contribution >= 4 is 5.91 Å². The number of aryl methyl sites for hydroxylation is 2. The molecular weight excluding hydrogens is 316 g/mol. The van der Waals surface area contributed by atoms with Crippen LogP contribution in [0.5, 0.6) is 5.75 Å². The third-order valence-electron chi connectivity index (χ3n) is 4.27. The number of aromatic nitrogens is 2. The molecule has 3 rings (SSSR count). The standard InChI is InChI=1S/C19H26N4O2/c1-15-5-6-18-17(11-15)13-22(12-16(2)25-18)14-19(24)20-7-3-9-23-10-4-8-21-23/h4-6,8,10-11,16H,3,7,9,12-14H2,1-2H3,(H,20,24). The van der Waals surface area contributed by atoms with Gasteiger partial charge in [0.1, 0.15) is 11.9 Å². The molecular formula is C19H26N4O2. The molecule has 1 N–H and O–H groups in total. The van der Waals surface area contributed by atoms with Gasteiger partial charge in [0, 0.05) is 44.1 Å². The van der Waals surface area contributed by atoms with Crippen LogP contribution in [0.25, 0.3) is 0 Å². The zero-order chi connectivity index (χ0) is 17.6. The molecule has 1 aromatic heterocycles. The fraction of sp³-hybridized carbons (Fsp3) is 0.474. The molecule has 6 nitrogen and oxygen atoms in total. The van der Waals surface area contributed by atoms with Gasteiger partial charge in [-0.05, 0) is 32.4 Å². The van der Waals surface area contributed by atoms with Gasteiger partial charge >= 0.3 is 0 Å². The summed E-state index contributed by atoms with van der Waals surface area (Å²) in [5, 5.41) is 7.16. The minimum Gasteiger partial charge on any atom is -0.489 e. The molecule has 25 heavy (non-hydrogen) atoms. The van der Waals surface area contributed by atoms with Crippen LogP contribution in [0.4, 0.5) is 0 Å². The molecule has 0 fully saturated rings. The smallest absolute Gasteiger partial charge is 0.234 e. The number of nitrogens with zero attached hydrogens (tertiary/aromatic N) is 3. The number of carbonyl (C=O) groups is 1. The average Bonchev–Trinajstić information content (AvgIpc) is 3.02. The molecule has 1 aliphatic rings. The van der Waals surface area contributed by atoms with Gasteiger partial charge in [-0.2, -0.15) is 5.10 Å². The van der Waals surface area contributed by atoms with E-state index in [1.807, 2.05) is 29.9 Å². The Hall–Kier alpha value is -2.34. The number of carbonyl (C=O) groups excluding carboxylic acids is 1. The van der Waals surface area contributed by atoms with E-state index in [4.69, 9.17) is 4.74 Å². The van der Waals surface area contributed by atoms with Gasteiger partial charge in [0.2, 0.25) is 5.91 Å². The highest BCUT2D eigenvalue weighted by atomic mass is 16.5. The fourth-order valence-electron chi connectivity index (χ4n) is 3.15. The molecule has 0 saturated carbocycles. The van der Waals surface area contributed by atoms with Crippen LogP contribution in [0.3, 0.4) is 0 Å². The molecule has 0 bridgehead atoms. The van der Waals surface area contributed by atoms with Crippen molar-refractivity contribution in [3.63, 3.8) is 0 Å². The van der Waals surface area contributed by atoms with E-state index in [0.29, 0.717) is 13.1 Å². The molecule has 6 heteroatoms. The summed E-state index contributed by atoms with van der Waals surface area (Å²) < 4.78 is 7.85. The van der Waals surface area contributed by atoms with Gasteiger partial charge < -0.3 is 10.1 Å². The Morgan fingerprint density at radius 1 is 1.44 bits per heavy atom. The summed E-state index contributed by atoms with van der Waals surface area (Å²) in [7, 11) is 0. The lowest BCUT2D eigenvalue weighted by molar-refractivity contribution is -0.122. The number of hydrogen-bond donors (Lipinski definition) is 1. The van der Waals surface area contributed by atoms with E-state index in [1.54, 1.807) is 6.20 Å². The molecule has 134 valence electrons. The van der Waals surface area contributed by atoms with E-state index >= 15 is 0 Å². The van der Waals surface area contributed by atoms with Crippen molar-refractivity contribution in [1.29, 1.82) is 0 Å². The molecule has 2 aromatic rings. The van der Waals surface area contributed by atoms with Gasteiger partial charge in [-0.15, -0.1) is 0 Å². The number of rotatable bonds is 6. The molecule has 1 unspecified atom stereocenters. The average molecular weight is 342 g/mol. The van der Waals surface area contributed by atoms with Crippen molar-refractivity contribution in [2.45, 2.75) is 39.5 Å². The second kappa shape index (κ2) is 8.16. The Morgan fingerprint density at radius 2 is 2.32 bits per heavy atom. The number of nitrogens with one attached hydrogen (secondary N) is 1. The summed E-state index contributed by atoms with van der Waals surface area (Å²) in [6, 6.07) is 8.14. The van der Waals surface area contributed by atoms with Crippen molar-refractivity contribution in [2.75, 3.05) is 19.6 Å². The maximum atomic E-state index is 12.3. The first-order chi connectivity index (χ1) is 12.1. The van der Waals surface area contributed by atoms with Gasteiger partial charge in [0.05, 0.1) is 6.54 Å². The normalized spacial score (nSPS) is 17.4. The second-order valence-electron chi connectivity index (χ2n) is 6.68. The van der Waals surface area contributed by atoms with Crippen LogP contribution in [0.1, 0.15) is 24.5 Å². The monoisotopic (exact) mass is 342 g/mol. The van der Waals surface area contributed by atoms with E-state index < -0.39 is 0 Å². The molecule has 1 aromatic carbocycles. The summed E-state index contributed by atoms with van der Waals surface area (Å²) in [6.45, 7) is 7.47. The Kier molecular flexibility index (Phi) is 5.71. The predicted molar refractivity (Wildman–Crippen MR) is 96.4 cm³/mol. The molecule has 1 atom stereocenters. The minimum atomic E-state index is 0.0590. The van der Waals surface area contributed by atoms with Crippen LogP contribution >= 0.6 is 0 Å². The second-order valence-corrected chi connectivity index (χ2v) is 6.68. The van der Waals surface area contributed by atoms with Crippen LogP contribution < -0.4 is 10.1 Å². The summed E-state index contributed by atoms with van der Waals surface area (Å²) in [5.41, 5.74) is 2.36. The third kappa shape index (κ3) is 5.06. The SMILES string of the molecule is Cc1ccc2c(c1)CN(CC(=O)NCCCn1cccn1)CC(C)O2. The molecule has 0 saturated heterocycles. The topological polar surface area (TPSA) is 59.4 Å². The first-order valence-electron chi connectivity index (χ1n) is 8.83. The Labute approximate surface area is 148 Å². The highest BCUT2D eigenvalue weighted by molar-refractivity contribution is 5.78. The van der Waals surface area contributed by atoms with E-state index in [1.165, 1.54) is 5.56 Å². The van der Waals surface area contributed by atoms with Crippen LogP contribution in [0, 0.1) is 6.92 Å². The van der Waals surface area contributed by atoms with E-state index in [0.717, 1.165) is 37.4 Å². The summed E-state index contributed by atoms with van der Waals surface area (Å²) in [4.78, 5) is 14.4. The molecule has 0 spiro atoms. The highest BCUT2D eigenvalue weighted by Crippen LogP contribution is 2.25. The largest absolute Gasteiger partial charge is 0.489 e. The lowest BCUT2D eigenvalue weighted by atomic mass is 10.1. The van der Waals surface area contributed by atoms with Gasteiger partial charge in [0.15, 0.2) is 0 Å². The number of benzene rings is 1. The minimum absolute atomic E-state index is 0.0590. The lowest BCUT2D eigenvalue weighted by Gasteiger charge is -2.21. The maximum absolute atomic E-state index is 12.3. The van der Waals surface area contributed by atoms with Crippen molar-refractivity contribution in [2.24, 2.45) is 0 Å². The van der Waals surface area contributed by atoms with Crippen molar-refractivity contribution in [3.8, 4) is 5.75 Å². The van der Waals surface area contributed by atoms with Crippen LogP contribution in [-0.4, -0.2) is 46.3 Å².